The highest BCUT2D eigenvalue weighted by Crippen LogP contribution is 2.45. The van der Waals surface area contributed by atoms with Crippen LogP contribution in [0, 0.1) is 6.92 Å². The van der Waals surface area contributed by atoms with Crippen molar-refractivity contribution in [1.82, 2.24) is 0 Å². The second kappa shape index (κ2) is 7.67. The zero-order chi connectivity index (χ0) is 22.5. The Kier molecular flexibility index (Phi) is 5.28. The van der Waals surface area contributed by atoms with Crippen molar-refractivity contribution in [2.24, 2.45) is 5.10 Å². The van der Waals surface area contributed by atoms with E-state index >= 15 is 0 Å². The van der Waals surface area contributed by atoms with Gasteiger partial charge in [0.2, 0.25) is 0 Å². The molecule has 4 heteroatoms. The molecule has 0 spiro atoms. The zero-order valence-electron chi connectivity index (χ0n) is 19.7. The lowest BCUT2D eigenvalue weighted by Gasteiger charge is -2.50. The molecular formula is C27H33N3O. The summed E-state index contributed by atoms with van der Waals surface area (Å²) in [7, 11) is 0. The number of hydrogen-bond donors (Lipinski definition) is 0. The molecule has 4 nitrogen and oxygen atoms in total. The predicted octanol–water partition coefficient (Wildman–Crippen LogP) is 6.30. The average molecular weight is 416 g/mol. The molecule has 2 aromatic carbocycles. The molecule has 0 radical (unpaired) electrons. The van der Waals surface area contributed by atoms with Gasteiger partial charge in [-0.15, -0.1) is 0 Å². The van der Waals surface area contributed by atoms with E-state index in [0.29, 0.717) is 17.5 Å². The molecule has 0 saturated carbocycles. The summed E-state index contributed by atoms with van der Waals surface area (Å²) in [5, 5.41) is 6.03. The van der Waals surface area contributed by atoms with E-state index < -0.39 is 0 Å². The van der Waals surface area contributed by atoms with E-state index in [1.165, 1.54) is 21.8 Å². The second-order valence-corrected chi connectivity index (χ2v) is 9.84. The maximum Gasteiger partial charge on any atom is 0.280 e. The van der Waals surface area contributed by atoms with Gasteiger partial charge >= 0.3 is 0 Å². The van der Waals surface area contributed by atoms with Gasteiger partial charge in [-0.1, -0.05) is 25.1 Å². The molecule has 0 aromatic heterocycles. The maximum absolute atomic E-state index is 13.1. The van der Waals surface area contributed by atoms with Gasteiger partial charge in [-0.3, -0.25) is 4.79 Å². The predicted molar refractivity (Wildman–Crippen MR) is 131 cm³/mol. The molecule has 31 heavy (non-hydrogen) atoms. The molecule has 0 bridgehead atoms. The van der Waals surface area contributed by atoms with Crippen LogP contribution in [-0.2, 0) is 4.79 Å². The van der Waals surface area contributed by atoms with Gasteiger partial charge in [-0.05, 0) is 101 Å². The minimum absolute atomic E-state index is 0.0705. The number of amides is 1. The third-order valence-corrected chi connectivity index (χ3v) is 6.54. The monoisotopic (exact) mass is 415 g/mol. The summed E-state index contributed by atoms with van der Waals surface area (Å²) in [6.45, 7) is 15.6. The van der Waals surface area contributed by atoms with Crippen molar-refractivity contribution in [3.63, 3.8) is 0 Å². The van der Waals surface area contributed by atoms with Crippen LogP contribution < -0.4 is 9.91 Å². The quantitative estimate of drug-likeness (QED) is 0.551. The largest absolute Gasteiger partial charge is 0.364 e. The number of benzene rings is 2. The van der Waals surface area contributed by atoms with Crippen LogP contribution in [-0.4, -0.2) is 23.2 Å². The van der Waals surface area contributed by atoms with Crippen molar-refractivity contribution in [1.29, 1.82) is 0 Å². The second-order valence-electron chi connectivity index (χ2n) is 9.84. The van der Waals surface area contributed by atoms with Crippen LogP contribution in [0.2, 0.25) is 0 Å². The topological polar surface area (TPSA) is 35.9 Å². The maximum atomic E-state index is 13.1. The zero-order valence-corrected chi connectivity index (χ0v) is 19.7. The minimum atomic E-state index is -0.0705. The van der Waals surface area contributed by atoms with Crippen molar-refractivity contribution in [2.45, 2.75) is 72.4 Å². The van der Waals surface area contributed by atoms with Crippen molar-refractivity contribution >= 4 is 29.1 Å². The number of fused-ring (bicyclic) bond motifs is 1. The van der Waals surface area contributed by atoms with Crippen molar-refractivity contribution < 1.29 is 4.79 Å². The SMILES string of the molecule is CC1=NN(c2ccccc2)C(=O)/C1=C/c1cc2c(cc1C)N(C(C)C)C(C)(C)C[C@@H]2C. The van der Waals surface area contributed by atoms with Crippen LogP contribution in [0.4, 0.5) is 11.4 Å². The van der Waals surface area contributed by atoms with Crippen molar-refractivity contribution in [3.05, 3.63) is 64.7 Å². The summed E-state index contributed by atoms with van der Waals surface area (Å²) in [4.78, 5) is 15.7. The van der Waals surface area contributed by atoms with E-state index in [-0.39, 0.29) is 11.4 Å². The molecule has 1 atom stereocenters. The van der Waals surface area contributed by atoms with Crippen molar-refractivity contribution in [2.75, 3.05) is 9.91 Å². The van der Waals surface area contributed by atoms with Gasteiger partial charge < -0.3 is 4.90 Å². The summed E-state index contributed by atoms with van der Waals surface area (Å²) in [5.74, 6) is 0.395. The fourth-order valence-corrected chi connectivity index (χ4v) is 5.33. The van der Waals surface area contributed by atoms with Crippen LogP contribution in [0.15, 0.2) is 53.1 Å². The lowest BCUT2D eigenvalue weighted by atomic mass is 9.78. The highest BCUT2D eigenvalue weighted by atomic mass is 16.2. The summed E-state index contributed by atoms with van der Waals surface area (Å²) < 4.78 is 0. The van der Waals surface area contributed by atoms with Crippen LogP contribution in [0.5, 0.6) is 0 Å². The lowest BCUT2D eigenvalue weighted by molar-refractivity contribution is -0.114. The van der Waals surface area contributed by atoms with Gasteiger partial charge in [0.15, 0.2) is 0 Å². The number of hydrogen-bond acceptors (Lipinski definition) is 3. The standard InChI is InChI=1S/C27H33N3O/c1-17(2)29-25-13-18(3)21(14-23(25)19(4)16-27(29,6)7)15-24-20(5)28-30(26(24)31)22-11-9-8-10-12-22/h8-15,17,19H,16H2,1-7H3/b24-15+/t19-/m0/s1. The fraction of sp³-hybridized carbons (Fsp3) is 0.407. The Balaban J connectivity index is 1.76. The van der Waals surface area contributed by atoms with E-state index in [4.69, 9.17) is 0 Å². The van der Waals surface area contributed by atoms with Gasteiger partial charge in [0.05, 0.1) is 17.0 Å². The Bertz CT molecular complexity index is 1080. The number of anilines is 2. The average Bonchev–Trinajstić information content (AvgIpc) is 2.97. The normalized spacial score (nSPS) is 21.7. The molecule has 2 aliphatic rings. The van der Waals surface area contributed by atoms with Crippen LogP contribution >= 0.6 is 0 Å². The number of aryl methyl sites for hydroxylation is 1. The fourth-order valence-electron chi connectivity index (χ4n) is 5.33. The highest BCUT2D eigenvalue weighted by Gasteiger charge is 2.38. The molecular weight excluding hydrogens is 382 g/mol. The van der Waals surface area contributed by atoms with Gasteiger partial charge in [-0.2, -0.15) is 10.1 Å². The number of hydrazone groups is 1. The molecule has 2 heterocycles. The first-order valence-corrected chi connectivity index (χ1v) is 11.2. The Morgan fingerprint density at radius 2 is 1.81 bits per heavy atom. The van der Waals surface area contributed by atoms with Crippen LogP contribution in [0.3, 0.4) is 0 Å². The molecule has 4 rings (SSSR count). The summed E-state index contributed by atoms with van der Waals surface area (Å²) in [5.41, 5.74) is 7.30. The third-order valence-electron chi connectivity index (χ3n) is 6.54. The van der Waals surface area contributed by atoms with Crippen LogP contribution in [0.1, 0.15) is 70.6 Å². The van der Waals surface area contributed by atoms with Crippen LogP contribution in [0.25, 0.3) is 6.08 Å². The van der Waals surface area contributed by atoms with Gasteiger partial charge in [0.1, 0.15) is 0 Å². The van der Waals surface area contributed by atoms with Gasteiger partial charge in [-0.25, -0.2) is 0 Å². The summed E-state index contributed by atoms with van der Waals surface area (Å²) in [6.07, 6.45) is 3.13. The van der Waals surface area contributed by atoms with E-state index in [2.05, 4.69) is 63.7 Å². The molecule has 0 N–H and O–H groups in total. The van der Waals surface area contributed by atoms with Gasteiger partial charge in [0, 0.05) is 17.3 Å². The lowest BCUT2D eigenvalue weighted by Crippen LogP contribution is -2.51. The molecule has 162 valence electrons. The summed E-state index contributed by atoms with van der Waals surface area (Å²) >= 11 is 0. The number of nitrogens with zero attached hydrogens (tertiary/aromatic N) is 3. The first-order valence-electron chi connectivity index (χ1n) is 11.2. The molecule has 0 fully saturated rings. The Hall–Kier alpha value is -2.88. The first-order chi connectivity index (χ1) is 14.6. The molecule has 0 saturated heterocycles. The molecule has 1 amide bonds. The smallest absolute Gasteiger partial charge is 0.280 e. The number of carbonyl (C=O) groups excluding carboxylic acids is 1. The Morgan fingerprint density at radius 1 is 1.13 bits per heavy atom. The Labute approximate surface area is 186 Å². The molecule has 0 unspecified atom stereocenters. The highest BCUT2D eigenvalue weighted by molar-refractivity contribution is 6.32. The number of para-hydroxylation sites is 1. The number of carbonyl (C=O) groups is 1. The van der Waals surface area contributed by atoms with E-state index in [9.17, 15) is 4.79 Å². The summed E-state index contributed by atoms with van der Waals surface area (Å²) in [6, 6.07) is 14.6. The van der Waals surface area contributed by atoms with Gasteiger partial charge in [0.25, 0.3) is 5.91 Å². The Morgan fingerprint density at radius 3 is 2.45 bits per heavy atom. The third kappa shape index (κ3) is 3.69. The molecule has 2 aliphatic heterocycles. The van der Waals surface area contributed by atoms with E-state index in [1.54, 1.807) is 0 Å². The number of rotatable bonds is 3. The molecule has 2 aromatic rings. The minimum Gasteiger partial charge on any atom is -0.364 e. The van der Waals surface area contributed by atoms with E-state index in [0.717, 1.165) is 23.4 Å². The van der Waals surface area contributed by atoms with Crippen molar-refractivity contribution in [3.8, 4) is 0 Å². The molecule has 0 aliphatic carbocycles. The van der Waals surface area contributed by atoms with E-state index in [1.807, 2.05) is 43.3 Å². The first kappa shape index (κ1) is 21.4.